The van der Waals surface area contributed by atoms with Crippen molar-refractivity contribution in [3.05, 3.63) is 24.3 Å². The van der Waals surface area contributed by atoms with Crippen molar-refractivity contribution >= 4 is 50.9 Å². The van der Waals surface area contributed by atoms with E-state index in [9.17, 15) is 4.79 Å². The van der Waals surface area contributed by atoms with E-state index in [0.717, 1.165) is 22.0 Å². The van der Waals surface area contributed by atoms with E-state index in [-0.39, 0.29) is 11.8 Å². The number of thioether (sulfide) groups is 1. The minimum absolute atomic E-state index is 0.0784. The number of para-hydroxylation sites is 1. The van der Waals surface area contributed by atoms with Gasteiger partial charge in [0.15, 0.2) is 4.34 Å². The summed E-state index contributed by atoms with van der Waals surface area (Å²) in [6.07, 6.45) is 0.809. The van der Waals surface area contributed by atoms with Gasteiger partial charge in [-0.05, 0) is 18.6 Å². The molecule has 0 aliphatic heterocycles. The molecule has 0 aliphatic rings. The molecule has 18 heavy (non-hydrogen) atoms. The Kier molecular flexibility index (Phi) is 5.28. The highest BCUT2D eigenvalue weighted by Gasteiger charge is 2.04. The van der Waals surface area contributed by atoms with Gasteiger partial charge in [-0.25, -0.2) is 4.98 Å². The number of benzene rings is 1. The van der Waals surface area contributed by atoms with Crippen molar-refractivity contribution in [3.63, 3.8) is 0 Å². The molecule has 0 radical (unpaired) electrons. The van der Waals surface area contributed by atoms with Crippen LogP contribution in [-0.2, 0) is 9.53 Å². The zero-order chi connectivity index (χ0) is 12.8. The lowest BCUT2D eigenvalue weighted by molar-refractivity contribution is -0.140. The highest BCUT2D eigenvalue weighted by atomic mass is 35.5. The Morgan fingerprint density at radius 2 is 2.28 bits per heavy atom. The van der Waals surface area contributed by atoms with Crippen LogP contribution in [0.4, 0.5) is 0 Å². The molecule has 0 atom stereocenters. The van der Waals surface area contributed by atoms with E-state index in [1.165, 1.54) is 4.70 Å². The van der Waals surface area contributed by atoms with Crippen molar-refractivity contribution < 1.29 is 9.53 Å². The molecule has 2 rings (SSSR count). The molecule has 1 aromatic carbocycles. The van der Waals surface area contributed by atoms with Crippen LogP contribution in [0.25, 0.3) is 10.2 Å². The van der Waals surface area contributed by atoms with Gasteiger partial charge in [0.05, 0.1) is 16.8 Å². The molecular formula is C12H12ClNO2S2. The van der Waals surface area contributed by atoms with Crippen LogP contribution >= 0.6 is 34.7 Å². The van der Waals surface area contributed by atoms with E-state index in [1.54, 1.807) is 23.1 Å². The number of ether oxygens (including phenoxy) is 1. The van der Waals surface area contributed by atoms with E-state index < -0.39 is 0 Å². The van der Waals surface area contributed by atoms with Crippen molar-refractivity contribution in [1.29, 1.82) is 0 Å². The summed E-state index contributed by atoms with van der Waals surface area (Å²) in [6, 6.07) is 8.08. The summed E-state index contributed by atoms with van der Waals surface area (Å²) >= 11 is 8.70. The second-order valence-electron chi connectivity index (χ2n) is 3.50. The zero-order valence-electron chi connectivity index (χ0n) is 9.60. The number of carbonyl (C=O) groups is 1. The van der Waals surface area contributed by atoms with E-state index in [1.807, 2.05) is 18.2 Å². The number of alkyl halides is 1. The van der Waals surface area contributed by atoms with Crippen LogP contribution in [0.15, 0.2) is 28.6 Å². The quantitative estimate of drug-likeness (QED) is 0.354. The molecule has 2 aromatic rings. The molecule has 0 aliphatic carbocycles. The third-order valence-corrected chi connectivity index (χ3v) is 4.64. The normalized spacial score (nSPS) is 10.7. The van der Waals surface area contributed by atoms with Crippen LogP contribution in [0.5, 0.6) is 0 Å². The summed E-state index contributed by atoms with van der Waals surface area (Å²) in [5, 5.41) is 0. The molecule has 0 amide bonds. The lowest BCUT2D eigenvalue weighted by Gasteiger charge is -2.00. The number of aromatic nitrogens is 1. The van der Waals surface area contributed by atoms with Gasteiger partial charge < -0.3 is 4.74 Å². The number of rotatable bonds is 6. The zero-order valence-corrected chi connectivity index (χ0v) is 12.0. The van der Waals surface area contributed by atoms with Crippen molar-refractivity contribution in [2.24, 2.45) is 0 Å². The Hall–Kier alpha value is -0.780. The van der Waals surface area contributed by atoms with Gasteiger partial charge in [0.25, 0.3) is 0 Å². The number of hydrogen-bond donors (Lipinski definition) is 0. The molecule has 96 valence electrons. The first-order valence-corrected chi connectivity index (χ1v) is 7.83. The SMILES string of the molecule is O=C(CCl)OCCCSc1nc2ccccc2s1. The van der Waals surface area contributed by atoms with E-state index >= 15 is 0 Å². The molecule has 6 heteroatoms. The van der Waals surface area contributed by atoms with Crippen LogP contribution < -0.4 is 0 Å². The van der Waals surface area contributed by atoms with E-state index in [0.29, 0.717) is 6.61 Å². The molecular weight excluding hydrogens is 290 g/mol. The largest absolute Gasteiger partial charge is 0.465 e. The van der Waals surface area contributed by atoms with Crippen LogP contribution in [0, 0.1) is 0 Å². The average molecular weight is 302 g/mol. The summed E-state index contributed by atoms with van der Waals surface area (Å²) in [5.74, 6) is 0.446. The third kappa shape index (κ3) is 3.86. The fraction of sp³-hybridized carbons (Fsp3) is 0.333. The Bertz CT molecular complexity index is 497. The molecule has 0 saturated heterocycles. The number of fused-ring (bicyclic) bond motifs is 1. The summed E-state index contributed by atoms with van der Waals surface area (Å²) in [7, 11) is 0. The van der Waals surface area contributed by atoms with Crippen molar-refractivity contribution in [2.75, 3.05) is 18.2 Å². The molecule has 0 fully saturated rings. The Labute approximate surface area is 118 Å². The molecule has 0 saturated carbocycles. The molecule has 1 aromatic heterocycles. The fourth-order valence-electron chi connectivity index (χ4n) is 1.36. The molecule has 1 heterocycles. The number of halogens is 1. The van der Waals surface area contributed by atoms with Crippen LogP contribution in [0.3, 0.4) is 0 Å². The minimum Gasteiger partial charge on any atom is -0.465 e. The van der Waals surface area contributed by atoms with Gasteiger partial charge in [-0.1, -0.05) is 23.9 Å². The van der Waals surface area contributed by atoms with Gasteiger partial charge >= 0.3 is 5.97 Å². The molecule has 0 spiro atoms. The second-order valence-corrected chi connectivity index (χ2v) is 6.14. The van der Waals surface area contributed by atoms with Gasteiger partial charge in [-0.15, -0.1) is 22.9 Å². The van der Waals surface area contributed by atoms with Crippen molar-refractivity contribution in [1.82, 2.24) is 4.98 Å². The molecule has 3 nitrogen and oxygen atoms in total. The topological polar surface area (TPSA) is 39.2 Å². The van der Waals surface area contributed by atoms with Gasteiger partial charge in [0.2, 0.25) is 0 Å². The Balaban J connectivity index is 1.75. The van der Waals surface area contributed by atoms with E-state index in [2.05, 4.69) is 11.1 Å². The standard InChI is InChI=1S/C12H12ClNO2S2/c13-8-11(15)16-6-3-7-17-12-14-9-4-1-2-5-10(9)18-12/h1-2,4-5H,3,6-8H2. The first-order valence-electron chi connectivity index (χ1n) is 5.49. The van der Waals surface area contributed by atoms with Gasteiger partial charge in [-0.3, -0.25) is 4.79 Å². The molecule has 0 N–H and O–H groups in total. The smallest absolute Gasteiger partial charge is 0.320 e. The summed E-state index contributed by atoms with van der Waals surface area (Å²) in [5.41, 5.74) is 1.04. The summed E-state index contributed by atoms with van der Waals surface area (Å²) in [4.78, 5) is 15.3. The maximum atomic E-state index is 10.8. The summed E-state index contributed by atoms with van der Waals surface area (Å²) in [6.45, 7) is 0.420. The number of carbonyl (C=O) groups excluding carboxylic acids is 1. The van der Waals surface area contributed by atoms with E-state index in [4.69, 9.17) is 16.3 Å². The first-order chi connectivity index (χ1) is 8.79. The third-order valence-electron chi connectivity index (χ3n) is 2.16. The highest BCUT2D eigenvalue weighted by molar-refractivity contribution is 8.01. The molecule has 0 bridgehead atoms. The predicted octanol–water partition coefficient (Wildman–Crippen LogP) is 3.56. The monoisotopic (exact) mass is 301 g/mol. The number of esters is 1. The number of nitrogens with zero attached hydrogens (tertiary/aromatic N) is 1. The number of hydrogen-bond acceptors (Lipinski definition) is 5. The predicted molar refractivity (Wildman–Crippen MR) is 76.6 cm³/mol. The maximum Gasteiger partial charge on any atom is 0.320 e. The summed E-state index contributed by atoms with van der Waals surface area (Å²) < 4.78 is 7.14. The van der Waals surface area contributed by atoms with Crippen LogP contribution in [0.1, 0.15) is 6.42 Å². The first kappa shape index (κ1) is 13.6. The van der Waals surface area contributed by atoms with Crippen LogP contribution in [0.2, 0.25) is 0 Å². The Morgan fingerprint density at radius 1 is 1.44 bits per heavy atom. The fourth-order valence-corrected chi connectivity index (χ4v) is 3.48. The van der Waals surface area contributed by atoms with Crippen LogP contribution in [-0.4, -0.2) is 29.2 Å². The highest BCUT2D eigenvalue weighted by Crippen LogP contribution is 2.29. The van der Waals surface area contributed by atoms with Crippen molar-refractivity contribution in [3.8, 4) is 0 Å². The van der Waals surface area contributed by atoms with Gasteiger partial charge in [0.1, 0.15) is 5.88 Å². The average Bonchev–Trinajstić information content (AvgIpc) is 2.80. The lowest BCUT2D eigenvalue weighted by Crippen LogP contribution is -2.07. The molecule has 0 unspecified atom stereocenters. The van der Waals surface area contributed by atoms with Gasteiger partial charge in [0, 0.05) is 5.75 Å². The Morgan fingerprint density at radius 3 is 3.06 bits per heavy atom. The lowest BCUT2D eigenvalue weighted by atomic mass is 10.3. The van der Waals surface area contributed by atoms with Crippen molar-refractivity contribution in [2.45, 2.75) is 10.8 Å². The maximum absolute atomic E-state index is 10.8. The second kappa shape index (κ2) is 6.97. The minimum atomic E-state index is -0.360. The van der Waals surface area contributed by atoms with Gasteiger partial charge in [-0.2, -0.15) is 0 Å². The number of thiazole rings is 1.